The summed E-state index contributed by atoms with van der Waals surface area (Å²) in [5, 5.41) is 18.7. The SMILES string of the molecule is COCCOCC(O)CN1CCN(CCO)CC1. The normalized spacial score (nSPS) is 20.2. The molecule has 1 aliphatic rings. The van der Waals surface area contributed by atoms with Crippen LogP contribution in [0.1, 0.15) is 0 Å². The molecule has 0 aliphatic carbocycles. The van der Waals surface area contributed by atoms with E-state index in [0.29, 0.717) is 26.4 Å². The molecule has 2 N–H and O–H groups in total. The summed E-state index contributed by atoms with van der Waals surface area (Å²) in [6.45, 7) is 6.86. The van der Waals surface area contributed by atoms with Gasteiger partial charge in [0.25, 0.3) is 0 Å². The monoisotopic (exact) mass is 262 g/mol. The van der Waals surface area contributed by atoms with Crippen LogP contribution in [0, 0.1) is 0 Å². The highest BCUT2D eigenvalue weighted by Crippen LogP contribution is 2.02. The molecule has 18 heavy (non-hydrogen) atoms. The quantitative estimate of drug-likeness (QED) is 0.499. The van der Waals surface area contributed by atoms with Crippen molar-refractivity contribution in [2.75, 3.05) is 72.8 Å². The summed E-state index contributed by atoms with van der Waals surface area (Å²) in [7, 11) is 1.63. The van der Waals surface area contributed by atoms with E-state index in [-0.39, 0.29) is 6.61 Å². The number of nitrogens with zero attached hydrogens (tertiary/aromatic N) is 2. The molecule has 0 amide bonds. The Labute approximate surface area is 109 Å². The average Bonchev–Trinajstić information content (AvgIpc) is 2.37. The van der Waals surface area contributed by atoms with Crippen LogP contribution < -0.4 is 0 Å². The maximum atomic E-state index is 9.81. The minimum Gasteiger partial charge on any atom is -0.395 e. The Morgan fingerprint density at radius 1 is 1.11 bits per heavy atom. The van der Waals surface area contributed by atoms with Crippen molar-refractivity contribution in [3.8, 4) is 0 Å². The van der Waals surface area contributed by atoms with Crippen molar-refractivity contribution in [1.82, 2.24) is 9.80 Å². The Balaban J connectivity index is 2.05. The average molecular weight is 262 g/mol. The van der Waals surface area contributed by atoms with Crippen LogP contribution in [0.5, 0.6) is 0 Å². The van der Waals surface area contributed by atoms with Crippen molar-refractivity contribution in [2.24, 2.45) is 0 Å². The lowest BCUT2D eigenvalue weighted by Crippen LogP contribution is -2.49. The highest BCUT2D eigenvalue weighted by atomic mass is 16.5. The van der Waals surface area contributed by atoms with E-state index in [1.807, 2.05) is 0 Å². The van der Waals surface area contributed by atoms with Crippen LogP contribution in [-0.2, 0) is 9.47 Å². The third kappa shape index (κ3) is 6.63. The topological polar surface area (TPSA) is 65.4 Å². The number of aliphatic hydroxyl groups is 2. The van der Waals surface area contributed by atoms with Gasteiger partial charge in [-0.25, -0.2) is 0 Å². The lowest BCUT2D eigenvalue weighted by atomic mass is 10.2. The minimum absolute atomic E-state index is 0.218. The molecule has 1 rings (SSSR count). The second-order valence-electron chi connectivity index (χ2n) is 4.59. The van der Waals surface area contributed by atoms with Crippen LogP contribution in [0.4, 0.5) is 0 Å². The van der Waals surface area contributed by atoms with E-state index >= 15 is 0 Å². The summed E-state index contributed by atoms with van der Waals surface area (Å²) in [5.74, 6) is 0. The van der Waals surface area contributed by atoms with Crippen LogP contribution >= 0.6 is 0 Å². The van der Waals surface area contributed by atoms with Crippen LogP contribution in [-0.4, -0.2) is 98.9 Å². The minimum atomic E-state index is -0.439. The molecule has 1 heterocycles. The predicted octanol–water partition coefficient (Wildman–Crippen LogP) is -1.38. The fourth-order valence-corrected chi connectivity index (χ4v) is 2.05. The predicted molar refractivity (Wildman–Crippen MR) is 68.7 cm³/mol. The van der Waals surface area contributed by atoms with E-state index < -0.39 is 6.10 Å². The largest absolute Gasteiger partial charge is 0.395 e. The van der Waals surface area contributed by atoms with E-state index in [1.165, 1.54) is 0 Å². The zero-order valence-electron chi connectivity index (χ0n) is 11.3. The lowest BCUT2D eigenvalue weighted by molar-refractivity contribution is -0.00750. The van der Waals surface area contributed by atoms with Gasteiger partial charge in [-0.15, -0.1) is 0 Å². The highest BCUT2D eigenvalue weighted by molar-refractivity contribution is 4.73. The summed E-state index contributed by atoms with van der Waals surface area (Å²) >= 11 is 0. The molecule has 0 aromatic rings. The summed E-state index contributed by atoms with van der Waals surface area (Å²) < 4.78 is 10.2. The number of hydrogen-bond acceptors (Lipinski definition) is 6. The number of hydrogen-bond donors (Lipinski definition) is 2. The zero-order valence-corrected chi connectivity index (χ0v) is 11.3. The van der Waals surface area contributed by atoms with E-state index in [0.717, 1.165) is 32.7 Å². The van der Waals surface area contributed by atoms with Crippen LogP contribution in [0.25, 0.3) is 0 Å². The lowest BCUT2D eigenvalue weighted by Gasteiger charge is -2.35. The molecule has 0 radical (unpaired) electrons. The van der Waals surface area contributed by atoms with Gasteiger partial charge in [-0.05, 0) is 0 Å². The first-order chi connectivity index (χ1) is 8.76. The van der Waals surface area contributed by atoms with Crippen LogP contribution in [0.3, 0.4) is 0 Å². The van der Waals surface area contributed by atoms with Crippen molar-refractivity contribution < 1.29 is 19.7 Å². The second kappa shape index (κ2) is 9.66. The second-order valence-corrected chi connectivity index (χ2v) is 4.59. The van der Waals surface area contributed by atoms with Gasteiger partial charge < -0.3 is 19.7 Å². The summed E-state index contributed by atoms with van der Waals surface area (Å²) in [4.78, 5) is 4.47. The van der Waals surface area contributed by atoms with Crippen molar-refractivity contribution >= 4 is 0 Å². The molecule has 1 aliphatic heterocycles. The van der Waals surface area contributed by atoms with Crippen molar-refractivity contribution in [3.63, 3.8) is 0 Å². The van der Waals surface area contributed by atoms with Crippen molar-refractivity contribution in [2.45, 2.75) is 6.10 Å². The first kappa shape index (κ1) is 15.8. The number of rotatable bonds is 9. The molecule has 0 bridgehead atoms. The molecule has 108 valence electrons. The maximum Gasteiger partial charge on any atom is 0.0900 e. The molecular formula is C12H26N2O4. The Hall–Kier alpha value is -0.240. The number of β-amino-alcohol motifs (C(OH)–C–C–N with tert-alkyl or cyclic N) is 2. The third-order valence-corrected chi connectivity index (χ3v) is 3.09. The Morgan fingerprint density at radius 2 is 1.78 bits per heavy atom. The van der Waals surface area contributed by atoms with Crippen LogP contribution in [0.15, 0.2) is 0 Å². The molecular weight excluding hydrogens is 236 g/mol. The van der Waals surface area contributed by atoms with Gasteiger partial charge in [-0.1, -0.05) is 0 Å². The molecule has 1 atom stereocenters. The zero-order chi connectivity index (χ0) is 13.2. The molecule has 1 unspecified atom stereocenters. The van der Waals surface area contributed by atoms with Crippen molar-refractivity contribution in [1.29, 1.82) is 0 Å². The van der Waals surface area contributed by atoms with E-state index in [9.17, 15) is 5.11 Å². The van der Waals surface area contributed by atoms with Gasteiger partial charge in [0.15, 0.2) is 0 Å². The van der Waals surface area contributed by atoms with Gasteiger partial charge in [0.05, 0.1) is 32.5 Å². The molecule has 0 aromatic heterocycles. The summed E-state index contributed by atoms with van der Waals surface area (Å²) in [6, 6.07) is 0. The van der Waals surface area contributed by atoms with Gasteiger partial charge >= 0.3 is 0 Å². The first-order valence-corrected chi connectivity index (χ1v) is 6.56. The molecule has 1 saturated heterocycles. The fraction of sp³-hybridized carbons (Fsp3) is 1.00. The van der Waals surface area contributed by atoms with Gasteiger partial charge in [-0.2, -0.15) is 0 Å². The summed E-state index contributed by atoms with van der Waals surface area (Å²) in [5.41, 5.74) is 0. The van der Waals surface area contributed by atoms with Crippen LogP contribution in [0.2, 0.25) is 0 Å². The smallest absolute Gasteiger partial charge is 0.0900 e. The standard InChI is InChI=1S/C12H26N2O4/c1-17-8-9-18-11-12(16)10-14-4-2-13(3-5-14)6-7-15/h12,15-16H,2-11H2,1H3. The maximum absolute atomic E-state index is 9.81. The van der Waals surface area contributed by atoms with E-state index in [1.54, 1.807) is 7.11 Å². The molecule has 0 spiro atoms. The van der Waals surface area contributed by atoms with Gasteiger partial charge in [-0.3, -0.25) is 9.80 Å². The fourth-order valence-electron chi connectivity index (χ4n) is 2.05. The number of methoxy groups -OCH3 is 1. The molecule has 0 saturated carbocycles. The molecule has 6 nitrogen and oxygen atoms in total. The van der Waals surface area contributed by atoms with Gasteiger partial charge in [0.1, 0.15) is 0 Å². The molecule has 6 heteroatoms. The van der Waals surface area contributed by atoms with E-state index in [2.05, 4.69) is 9.80 Å². The highest BCUT2D eigenvalue weighted by Gasteiger charge is 2.18. The third-order valence-electron chi connectivity index (χ3n) is 3.09. The Bertz CT molecular complexity index is 199. The number of piperazine rings is 1. The van der Waals surface area contributed by atoms with Crippen molar-refractivity contribution in [3.05, 3.63) is 0 Å². The Morgan fingerprint density at radius 3 is 2.39 bits per heavy atom. The van der Waals surface area contributed by atoms with E-state index in [4.69, 9.17) is 14.6 Å². The number of ether oxygens (including phenoxy) is 2. The molecule has 0 aromatic carbocycles. The molecule has 1 fully saturated rings. The first-order valence-electron chi connectivity index (χ1n) is 6.56. The van der Waals surface area contributed by atoms with Gasteiger partial charge in [0, 0.05) is 46.4 Å². The Kier molecular flexibility index (Phi) is 8.49. The number of aliphatic hydroxyl groups excluding tert-OH is 2. The van der Waals surface area contributed by atoms with Gasteiger partial charge in [0.2, 0.25) is 0 Å². The summed E-state index contributed by atoms with van der Waals surface area (Å²) in [6.07, 6.45) is -0.439.